The van der Waals surface area contributed by atoms with Gasteiger partial charge in [-0.1, -0.05) is 12.8 Å². The summed E-state index contributed by atoms with van der Waals surface area (Å²) in [5.41, 5.74) is 0.661. The van der Waals surface area contributed by atoms with Crippen molar-refractivity contribution in [3.8, 4) is 17.6 Å². The van der Waals surface area contributed by atoms with Crippen LogP contribution >= 0.6 is 27.7 Å². The van der Waals surface area contributed by atoms with Crippen molar-refractivity contribution in [2.24, 2.45) is 0 Å². The maximum absolute atomic E-state index is 12.6. The number of nitrogens with one attached hydrogen (secondary N) is 1. The highest BCUT2D eigenvalue weighted by atomic mass is 79.9. The molecule has 1 atom stereocenters. The molecule has 6 heteroatoms. The first kappa shape index (κ1) is 20.6. The van der Waals surface area contributed by atoms with Crippen molar-refractivity contribution < 1.29 is 9.53 Å². The third-order valence-electron chi connectivity index (χ3n) is 3.60. The molecule has 26 heavy (non-hydrogen) atoms. The van der Waals surface area contributed by atoms with Gasteiger partial charge < -0.3 is 10.1 Å². The molecule has 0 saturated carbocycles. The molecule has 1 aromatic heterocycles. The molecule has 1 amide bonds. The smallest absolute Gasteiger partial charge is 0.272 e. The number of benzene rings is 1. The highest BCUT2D eigenvalue weighted by Crippen LogP contribution is 2.27. The molecule has 0 aliphatic rings. The molecule has 4 nitrogen and oxygen atoms in total. The fourth-order valence-electron chi connectivity index (χ4n) is 2.48. The van der Waals surface area contributed by atoms with Gasteiger partial charge in [0.2, 0.25) is 5.44 Å². The molecule has 1 N–H and O–H groups in total. The Bertz CT molecular complexity index is 871. The number of thioether (sulfide) groups is 1. The molecule has 2 aromatic rings. The van der Waals surface area contributed by atoms with Gasteiger partial charge in [0.25, 0.3) is 5.91 Å². The van der Waals surface area contributed by atoms with Gasteiger partial charge in [0.15, 0.2) is 0 Å². The summed E-state index contributed by atoms with van der Waals surface area (Å²) in [6, 6.07) is 5.79. The number of ether oxygens (including phenoxy) is 1. The van der Waals surface area contributed by atoms with Crippen LogP contribution in [0.3, 0.4) is 0 Å². The molecule has 0 spiro atoms. The molecule has 0 saturated heterocycles. The van der Waals surface area contributed by atoms with Gasteiger partial charge in [0.05, 0.1) is 11.1 Å². The number of hydrogen-bond acceptors (Lipinski definition) is 4. The van der Waals surface area contributed by atoms with Crippen molar-refractivity contribution in [2.45, 2.75) is 45.1 Å². The van der Waals surface area contributed by atoms with Gasteiger partial charge in [-0.3, -0.25) is 9.78 Å². The number of carbonyl (C=O) groups excluding carboxylic acids is 1. The van der Waals surface area contributed by atoms with E-state index in [1.807, 2.05) is 52.1 Å². The van der Waals surface area contributed by atoms with E-state index in [2.05, 4.69) is 38.1 Å². The number of halogens is 1. The van der Waals surface area contributed by atoms with Crippen molar-refractivity contribution in [2.75, 3.05) is 6.26 Å². The van der Waals surface area contributed by atoms with Crippen molar-refractivity contribution in [1.29, 1.82) is 0 Å². The van der Waals surface area contributed by atoms with E-state index in [1.54, 1.807) is 6.20 Å². The molecule has 0 aliphatic carbocycles. The lowest BCUT2D eigenvalue weighted by molar-refractivity contribution is -0.125. The number of aromatic nitrogens is 1. The van der Waals surface area contributed by atoms with Gasteiger partial charge in [0.1, 0.15) is 5.75 Å². The second kappa shape index (κ2) is 8.79. The van der Waals surface area contributed by atoms with Gasteiger partial charge in [-0.15, -0.1) is 17.7 Å². The van der Waals surface area contributed by atoms with Crippen molar-refractivity contribution in [3.63, 3.8) is 0 Å². The Morgan fingerprint density at radius 2 is 2.15 bits per heavy atom. The van der Waals surface area contributed by atoms with Crippen LogP contribution in [-0.4, -0.2) is 28.1 Å². The number of fused-ring (bicyclic) bond motifs is 1. The number of pyridine rings is 1. The van der Waals surface area contributed by atoms with Gasteiger partial charge in [-0.05, 0) is 66.7 Å². The van der Waals surface area contributed by atoms with E-state index >= 15 is 0 Å². The second-order valence-electron chi connectivity index (χ2n) is 6.42. The quantitative estimate of drug-likeness (QED) is 0.547. The van der Waals surface area contributed by atoms with Crippen LogP contribution in [0.25, 0.3) is 10.9 Å². The number of amides is 1. The third kappa shape index (κ3) is 5.39. The molecule has 138 valence electrons. The fourth-order valence-corrected chi connectivity index (χ4v) is 3.31. The van der Waals surface area contributed by atoms with Gasteiger partial charge in [-0.2, -0.15) is 0 Å². The molecule has 1 heterocycles. The second-order valence-corrected chi connectivity index (χ2v) is 8.24. The van der Waals surface area contributed by atoms with Crippen LogP contribution in [0.4, 0.5) is 0 Å². The number of nitrogens with zero attached hydrogens (tertiary/aromatic N) is 1. The summed E-state index contributed by atoms with van der Waals surface area (Å²) in [4.78, 5) is 17.0. The van der Waals surface area contributed by atoms with Crippen LogP contribution in [-0.2, 0) is 4.79 Å². The summed E-state index contributed by atoms with van der Waals surface area (Å²) in [6.45, 7) is 7.73. The van der Waals surface area contributed by atoms with Gasteiger partial charge in [0, 0.05) is 22.5 Å². The van der Waals surface area contributed by atoms with Gasteiger partial charge >= 0.3 is 0 Å². The highest BCUT2D eigenvalue weighted by Gasteiger charge is 2.25. The van der Waals surface area contributed by atoms with Crippen LogP contribution < -0.4 is 10.1 Å². The van der Waals surface area contributed by atoms with Crippen LogP contribution in [0.2, 0.25) is 0 Å². The lowest BCUT2D eigenvalue weighted by atomic mass is 10.1. The topological polar surface area (TPSA) is 51.2 Å². The van der Waals surface area contributed by atoms with Crippen LogP contribution in [0.15, 0.2) is 28.9 Å². The van der Waals surface area contributed by atoms with Gasteiger partial charge in [-0.25, -0.2) is 0 Å². The molecule has 2 rings (SSSR count). The summed E-state index contributed by atoms with van der Waals surface area (Å²) in [5, 5.41) is 3.91. The summed E-state index contributed by atoms with van der Waals surface area (Å²) in [7, 11) is 0. The Kier molecular flexibility index (Phi) is 6.96. The predicted molar refractivity (Wildman–Crippen MR) is 112 cm³/mol. The normalized spacial score (nSPS) is 12.2. The van der Waals surface area contributed by atoms with Crippen LogP contribution in [0.1, 0.15) is 32.8 Å². The molecule has 1 unspecified atom stereocenters. The summed E-state index contributed by atoms with van der Waals surface area (Å²) >= 11 is 4.78. The monoisotopic (exact) mass is 434 g/mol. The molecular weight excluding hydrogens is 412 g/mol. The number of carbonyl (C=O) groups is 1. The Morgan fingerprint density at radius 1 is 1.42 bits per heavy atom. The van der Waals surface area contributed by atoms with E-state index < -0.39 is 11.0 Å². The third-order valence-corrected chi connectivity index (χ3v) is 4.77. The minimum Gasteiger partial charge on any atom is -0.470 e. The molecule has 0 radical (unpaired) electrons. The zero-order chi connectivity index (χ0) is 19.3. The lowest BCUT2D eigenvalue weighted by Gasteiger charge is -2.24. The molecular formula is C20H23BrN2O2S. The minimum atomic E-state index is -0.658. The maximum Gasteiger partial charge on any atom is 0.272 e. The number of rotatable bonds is 5. The SMILES string of the molecule is CCC#CC(C)(C)NC(=O)C(Oc1cc(C)c2ncc(Br)cc2c1)SC. The minimum absolute atomic E-state index is 0.196. The first-order chi connectivity index (χ1) is 12.3. The molecule has 1 aromatic carbocycles. The average Bonchev–Trinajstić information content (AvgIpc) is 2.57. The highest BCUT2D eigenvalue weighted by molar-refractivity contribution is 9.10. The Balaban J connectivity index is 2.21. The number of hydrogen-bond donors (Lipinski definition) is 1. The lowest BCUT2D eigenvalue weighted by Crippen LogP contribution is -2.47. The summed E-state index contributed by atoms with van der Waals surface area (Å²) in [5.74, 6) is 6.52. The van der Waals surface area contributed by atoms with E-state index in [-0.39, 0.29) is 5.91 Å². The van der Waals surface area contributed by atoms with E-state index in [0.717, 1.165) is 27.4 Å². The molecule has 0 fully saturated rings. The van der Waals surface area contributed by atoms with E-state index in [0.29, 0.717) is 5.75 Å². The van der Waals surface area contributed by atoms with E-state index in [4.69, 9.17) is 4.74 Å². The summed E-state index contributed by atoms with van der Waals surface area (Å²) < 4.78 is 6.86. The van der Waals surface area contributed by atoms with Crippen LogP contribution in [0.5, 0.6) is 5.75 Å². The summed E-state index contributed by atoms with van der Waals surface area (Å²) in [6.07, 6.45) is 4.37. The van der Waals surface area contributed by atoms with Crippen molar-refractivity contribution in [3.05, 3.63) is 34.4 Å². The molecule has 0 aliphatic heterocycles. The zero-order valence-corrected chi connectivity index (χ0v) is 18.0. The Hall–Kier alpha value is -1.71. The predicted octanol–water partition coefficient (Wildman–Crippen LogP) is 4.68. The first-order valence-electron chi connectivity index (χ1n) is 8.33. The van der Waals surface area contributed by atoms with E-state index in [9.17, 15) is 4.79 Å². The first-order valence-corrected chi connectivity index (χ1v) is 10.4. The fraction of sp³-hybridized carbons (Fsp3) is 0.400. The molecule has 0 bridgehead atoms. The zero-order valence-electron chi connectivity index (χ0n) is 15.6. The van der Waals surface area contributed by atoms with E-state index in [1.165, 1.54) is 11.8 Å². The largest absolute Gasteiger partial charge is 0.470 e. The van der Waals surface area contributed by atoms with Crippen molar-refractivity contribution >= 4 is 44.5 Å². The standard InChI is InChI=1S/C20H23BrN2O2S/c1-6-7-8-20(3,4)23-18(24)19(26-5)25-16-9-13(2)17-14(11-16)10-15(21)12-22-17/h9-12,19H,6H2,1-5H3,(H,23,24). The Morgan fingerprint density at radius 3 is 2.81 bits per heavy atom. The maximum atomic E-state index is 12.6. The number of aryl methyl sites for hydroxylation is 1. The van der Waals surface area contributed by atoms with Crippen LogP contribution in [0, 0.1) is 18.8 Å². The average molecular weight is 435 g/mol. The van der Waals surface area contributed by atoms with Crippen molar-refractivity contribution in [1.82, 2.24) is 10.3 Å². The Labute approximate surface area is 167 Å².